The van der Waals surface area contributed by atoms with Gasteiger partial charge in [0, 0.05) is 43.7 Å². The van der Waals surface area contributed by atoms with Crippen LogP contribution in [0.5, 0.6) is 0 Å². The van der Waals surface area contributed by atoms with E-state index in [9.17, 15) is 4.39 Å². The van der Waals surface area contributed by atoms with Crippen LogP contribution in [0.15, 0.2) is 22.7 Å². The van der Waals surface area contributed by atoms with Gasteiger partial charge in [-0.05, 0) is 30.2 Å². The van der Waals surface area contributed by atoms with Crippen molar-refractivity contribution in [2.75, 3.05) is 20.3 Å². The third-order valence-electron chi connectivity index (χ3n) is 3.87. The maximum absolute atomic E-state index is 13.8. The second-order valence-corrected chi connectivity index (χ2v) is 5.84. The molecule has 1 atom stereocenters. The Morgan fingerprint density at radius 3 is 2.79 bits per heavy atom. The van der Waals surface area contributed by atoms with Crippen LogP contribution in [0.2, 0.25) is 0 Å². The lowest BCUT2D eigenvalue weighted by atomic mass is 9.83. The van der Waals surface area contributed by atoms with E-state index in [0.717, 1.165) is 17.3 Å². The van der Waals surface area contributed by atoms with Crippen molar-refractivity contribution in [3.63, 3.8) is 0 Å². The third kappa shape index (κ3) is 3.34. The van der Waals surface area contributed by atoms with Gasteiger partial charge >= 0.3 is 0 Å². The van der Waals surface area contributed by atoms with Crippen molar-refractivity contribution < 1.29 is 13.9 Å². The van der Waals surface area contributed by atoms with E-state index in [1.165, 1.54) is 6.07 Å². The molecule has 106 valence electrons. The molecule has 1 saturated heterocycles. The number of halogens is 2. The molecule has 3 nitrogen and oxygen atoms in total. The zero-order chi connectivity index (χ0) is 13.9. The van der Waals surface area contributed by atoms with Crippen LogP contribution in [0.3, 0.4) is 0 Å². The van der Waals surface area contributed by atoms with E-state index in [-0.39, 0.29) is 11.9 Å². The molecule has 1 aliphatic heterocycles. The van der Waals surface area contributed by atoms with Crippen molar-refractivity contribution in [1.82, 2.24) is 0 Å². The summed E-state index contributed by atoms with van der Waals surface area (Å²) in [5, 5.41) is 0. The topological polar surface area (TPSA) is 44.5 Å². The minimum absolute atomic E-state index is 0.225. The summed E-state index contributed by atoms with van der Waals surface area (Å²) in [6, 6.07) is 4.67. The molecule has 0 aliphatic carbocycles. The van der Waals surface area contributed by atoms with E-state index in [1.54, 1.807) is 19.2 Å². The molecule has 5 heteroatoms. The van der Waals surface area contributed by atoms with Crippen LogP contribution in [-0.2, 0) is 15.9 Å². The van der Waals surface area contributed by atoms with Crippen molar-refractivity contribution in [2.24, 2.45) is 5.73 Å². The summed E-state index contributed by atoms with van der Waals surface area (Å²) in [6.45, 7) is 1.28. The highest BCUT2D eigenvalue weighted by molar-refractivity contribution is 9.10. The lowest BCUT2D eigenvalue weighted by Crippen LogP contribution is -2.54. The summed E-state index contributed by atoms with van der Waals surface area (Å²) in [6.07, 6.45) is 1.96. The molecule has 19 heavy (non-hydrogen) atoms. The largest absolute Gasteiger partial charge is 0.381 e. The first-order chi connectivity index (χ1) is 9.07. The molecule has 1 heterocycles. The van der Waals surface area contributed by atoms with Gasteiger partial charge in [0.25, 0.3) is 0 Å². The monoisotopic (exact) mass is 331 g/mol. The van der Waals surface area contributed by atoms with Gasteiger partial charge in [-0.1, -0.05) is 15.9 Å². The standard InChI is InChI=1S/C14H19BrFNO2/c1-18-14(4-6-19-7-5-14)13(17)9-10-8-11(15)2-3-12(10)16/h2-3,8,13H,4-7,9,17H2,1H3. The Bertz CT molecular complexity index is 435. The predicted octanol–water partition coefficient (Wildman–Crippen LogP) is 2.65. The number of ether oxygens (including phenoxy) is 2. The zero-order valence-corrected chi connectivity index (χ0v) is 12.6. The van der Waals surface area contributed by atoms with Crippen molar-refractivity contribution >= 4 is 15.9 Å². The second kappa shape index (κ2) is 6.31. The molecule has 0 aromatic heterocycles. The number of methoxy groups -OCH3 is 1. The van der Waals surface area contributed by atoms with E-state index >= 15 is 0 Å². The Kier molecular flexibility index (Phi) is 4.95. The Balaban J connectivity index is 2.14. The fourth-order valence-electron chi connectivity index (χ4n) is 2.57. The molecular formula is C14H19BrFNO2. The van der Waals surface area contributed by atoms with Crippen LogP contribution >= 0.6 is 15.9 Å². The average molecular weight is 332 g/mol. The van der Waals surface area contributed by atoms with Crippen LogP contribution in [0, 0.1) is 5.82 Å². The fraction of sp³-hybridized carbons (Fsp3) is 0.571. The van der Waals surface area contributed by atoms with E-state index in [0.29, 0.717) is 25.2 Å². The molecule has 0 spiro atoms. The van der Waals surface area contributed by atoms with Crippen molar-refractivity contribution in [2.45, 2.75) is 30.9 Å². The van der Waals surface area contributed by atoms with Gasteiger partial charge in [0.15, 0.2) is 0 Å². The van der Waals surface area contributed by atoms with Gasteiger partial charge < -0.3 is 15.2 Å². The van der Waals surface area contributed by atoms with Crippen molar-refractivity contribution in [3.8, 4) is 0 Å². The molecule has 0 amide bonds. The Hall–Kier alpha value is -0.490. The zero-order valence-electron chi connectivity index (χ0n) is 11.0. The van der Waals surface area contributed by atoms with Crippen LogP contribution in [-0.4, -0.2) is 32.0 Å². The van der Waals surface area contributed by atoms with Gasteiger partial charge in [-0.25, -0.2) is 4.39 Å². The first-order valence-electron chi connectivity index (χ1n) is 6.40. The molecule has 0 bridgehead atoms. The van der Waals surface area contributed by atoms with Gasteiger partial charge in [0.2, 0.25) is 0 Å². The molecule has 2 N–H and O–H groups in total. The van der Waals surface area contributed by atoms with Crippen LogP contribution in [0.1, 0.15) is 18.4 Å². The molecule has 1 unspecified atom stereocenters. The normalized spacial score (nSPS) is 20.2. The Morgan fingerprint density at radius 1 is 1.47 bits per heavy atom. The smallest absolute Gasteiger partial charge is 0.126 e. The minimum atomic E-state index is -0.410. The first-order valence-corrected chi connectivity index (χ1v) is 7.19. The summed E-state index contributed by atoms with van der Waals surface area (Å²) in [4.78, 5) is 0. The molecule has 0 saturated carbocycles. The third-order valence-corrected chi connectivity index (χ3v) is 4.36. The summed E-state index contributed by atoms with van der Waals surface area (Å²) < 4.78 is 25.6. The highest BCUT2D eigenvalue weighted by Crippen LogP contribution is 2.30. The molecule has 1 fully saturated rings. The highest BCUT2D eigenvalue weighted by atomic mass is 79.9. The maximum Gasteiger partial charge on any atom is 0.126 e. The number of rotatable bonds is 4. The van der Waals surface area contributed by atoms with Crippen molar-refractivity contribution in [3.05, 3.63) is 34.1 Å². The van der Waals surface area contributed by atoms with Gasteiger partial charge in [-0.15, -0.1) is 0 Å². The van der Waals surface area contributed by atoms with Crippen LogP contribution in [0.25, 0.3) is 0 Å². The maximum atomic E-state index is 13.8. The summed E-state index contributed by atoms with van der Waals surface area (Å²) >= 11 is 3.35. The molecule has 1 aromatic rings. The average Bonchev–Trinajstić information content (AvgIpc) is 2.43. The second-order valence-electron chi connectivity index (χ2n) is 4.93. The molecule has 1 aliphatic rings. The van der Waals surface area contributed by atoms with Gasteiger partial charge in [-0.2, -0.15) is 0 Å². The number of hydrogen-bond acceptors (Lipinski definition) is 3. The molecule has 0 radical (unpaired) electrons. The van der Waals surface area contributed by atoms with Crippen LogP contribution < -0.4 is 5.73 Å². The molecule has 2 rings (SSSR count). The van der Waals surface area contributed by atoms with Gasteiger partial charge in [0.05, 0.1) is 5.60 Å². The summed E-state index contributed by atoms with van der Waals surface area (Å²) in [5.41, 5.74) is 6.49. The van der Waals surface area contributed by atoms with E-state index in [1.807, 2.05) is 0 Å². The number of hydrogen-bond donors (Lipinski definition) is 1. The quantitative estimate of drug-likeness (QED) is 0.922. The van der Waals surface area contributed by atoms with E-state index < -0.39 is 5.60 Å². The minimum Gasteiger partial charge on any atom is -0.381 e. The lowest BCUT2D eigenvalue weighted by Gasteiger charge is -2.40. The van der Waals surface area contributed by atoms with Crippen LogP contribution in [0.4, 0.5) is 4.39 Å². The molecule has 1 aromatic carbocycles. The number of nitrogens with two attached hydrogens (primary N) is 1. The fourth-order valence-corrected chi connectivity index (χ4v) is 2.97. The first kappa shape index (κ1) is 14.9. The lowest BCUT2D eigenvalue weighted by molar-refractivity contribution is -0.103. The summed E-state index contributed by atoms with van der Waals surface area (Å²) in [5.74, 6) is -0.225. The van der Waals surface area contributed by atoms with Gasteiger partial charge in [0.1, 0.15) is 5.82 Å². The van der Waals surface area contributed by atoms with Gasteiger partial charge in [-0.3, -0.25) is 0 Å². The van der Waals surface area contributed by atoms with E-state index in [2.05, 4.69) is 15.9 Å². The Morgan fingerprint density at radius 2 is 2.16 bits per heavy atom. The van der Waals surface area contributed by atoms with E-state index in [4.69, 9.17) is 15.2 Å². The van der Waals surface area contributed by atoms with Crippen molar-refractivity contribution in [1.29, 1.82) is 0 Å². The Labute approximate surface area is 121 Å². The summed E-state index contributed by atoms with van der Waals surface area (Å²) in [7, 11) is 1.67. The number of benzene rings is 1. The predicted molar refractivity (Wildman–Crippen MR) is 75.6 cm³/mol. The highest BCUT2D eigenvalue weighted by Gasteiger charge is 2.38. The molecular weight excluding hydrogens is 313 g/mol. The SMILES string of the molecule is COC1(C(N)Cc2cc(Br)ccc2F)CCOCC1.